The van der Waals surface area contributed by atoms with Crippen molar-refractivity contribution in [3.05, 3.63) is 18.0 Å². The second kappa shape index (κ2) is 14.2. The van der Waals surface area contributed by atoms with Crippen molar-refractivity contribution in [2.45, 2.75) is 88.6 Å². The molecule has 3 fully saturated rings. The zero-order valence-electron chi connectivity index (χ0n) is 22.7. The number of ether oxygens (including phenoxy) is 1. The van der Waals surface area contributed by atoms with Crippen molar-refractivity contribution >= 4 is 11.9 Å². The number of rotatable bonds is 14. The quantitative estimate of drug-likeness (QED) is 0.392. The first-order chi connectivity index (χ1) is 17.6. The molecule has 8 heteroatoms. The van der Waals surface area contributed by atoms with Crippen molar-refractivity contribution in [3.8, 4) is 0 Å². The maximum Gasteiger partial charge on any atom is 0.245 e. The van der Waals surface area contributed by atoms with E-state index in [1.165, 1.54) is 89.4 Å². The number of fused-ring (bicyclic) bond motifs is 2. The highest BCUT2D eigenvalue weighted by molar-refractivity contribution is 5.77. The zero-order valence-corrected chi connectivity index (χ0v) is 22.7. The number of nitrogens with zero attached hydrogens (tertiary/aromatic N) is 5. The van der Waals surface area contributed by atoms with Gasteiger partial charge < -0.3 is 24.8 Å². The second-order valence-corrected chi connectivity index (χ2v) is 11.2. The maximum atomic E-state index is 11.3. The van der Waals surface area contributed by atoms with Gasteiger partial charge in [-0.25, -0.2) is 9.97 Å². The summed E-state index contributed by atoms with van der Waals surface area (Å²) in [4.78, 5) is 28.6. The topological polar surface area (TPSA) is 73.8 Å². The predicted octanol–water partition coefficient (Wildman–Crippen LogP) is 3.43. The number of likely N-dealkylation sites (N-methyl/N-ethyl adjacent to an activating group) is 1. The van der Waals surface area contributed by atoms with Gasteiger partial charge in [-0.15, -0.1) is 0 Å². The van der Waals surface area contributed by atoms with Gasteiger partial charge >= 0.3 is 0 Å². The first kappa shape index (κ1) is 27.3. The van der Waals surface area contributed by atoms with Crippen LogP contribution in [0, 0.1) is 0 Å². The van der Waals surface area contributed by atoms with E-state index >= 15 is 0 Å². The number of unbranched alkanes of at least 4 members (excludes halogenated alkanes) is 6. The third-order valence-corrected chi connectivity index (χ3v) is 8.36. The number of nitrogens with one attached hydrogen (secondary N) is 1. The van der Waals surface area contributed by atoms with E-state index in [9.17, 15) is 4.79 Å². The minimum Gasteiger partial charge on any atom is -0.375 e. The summed E-state index contributed by atoms with van der Waals surface area (Å²) in [7, 11) is 3.78. The van der Waals surface area contributed by atoms with Crippen LogP contribution in [0.2, 0.25) is 0 Å². The van der Waals surface area contributed by atoms with Gasteiger partial charge in [0.05, 0.1) is 0 Å². The Kier molecular flexibility index (Phi) is 10.8. The second-order valence-electron chi connectivity index (χ2n) is 11.2. The molecule has 1 amide bonds. The molecule has 4 heterocycles. The summed E-state index contributed by atoms with van der Waals surface area (Å²) in [5.74, 6) is 1.55. The van der Waals surface area contributed by atoms with E-state index in [2.05, 4.69) is 39.5 Å². The molecule has 3 aliphatic rings. The molecule has 202 valence electrons. The van der Waals surface area contributed by atoms with Crippen LogP contribution in [0.5, 0.6) is 0 Å². The number of hydrogen-bond donors (Lipinski definition) is 1. The van der Waals surface area contributed by atoms with Crippen LogP contribution in [-0.4, -0.2) is 97.8 Å². The van der Waals surface area contributed by atoms with Gasteiger partial charge in [-0.3, -0.25) is 4.79 Å². The monoisotopic (exact) mass is 500 g/mol. The van der Waals surface area contributed by atoms with Gasteiger partial charge in [-0.05, 0) is 76.7 Å². The molecule has 0 aromatic carbocycles. The number of carbonyl (C=O) groups is 1. The van der Waals surface area contributed by atoms with Crippen LogP contribution >= 0.6 is 0 Å². The number of methoxy groups -OCH3 is 1. The first-order valence-electron chi connectivity index (χ1n) is 14.4. The Morgan fingerprint density at radius 3 is 2.19 bits per heavy atom. The van der Waals surface area contributed by atoms with Crippen LogP contribution in [0.1, 0.15) is 82.1 Å². The summed E-state index contributed by atoms with van der Waals surface area (Å²) in [6.45, 7) is 6.84. The summed E-state index contributed by atoms with van der Waals surface area (Å²) in [5, 5.41) is 2.89. The first-order valence-corrected chi connectivity index (χ1v) is 14.4. The molecule has 0 radical (unpaired) electrons. The normalized spacial score (nSPS) is 23.3. The summed E-state index contributed by atoms with van der Waals surface area (Å²) in [5.41, 5.74) is 1.33. The van der Waals surface area contributed by atoms with Gasteiger partial charge in [0, 0.05) is 51.2 Å². The zero-order chi connectivity index (χ0) is 25.2. The van der Waals surface area contributed by atoms with Gasteiger partial charge in [0.2, 0.25) is 11.9 Å². The van der Waals surface area contributed by atoms with Crippen LogP contribution in [-0.2, 0) is 9.53 Å². The molecule has 0 spiro atoms. The minimum absolute atomic E-state index is 0.0134. The van der Waals surface area contributed by atoms with E-state index in [0.717, 1.165) is 32.0 Å². The molecule has 1 aromatic rings. The molecular weight excluding hydrogens is 452 g/mol. The maximum absolute atomic E-state index is 11.3. The Morgan fingerprint density at radius 1 is 0.944 bits per heavy atom. The molecule has 1 aromatic heterocycles. The van der Waals surface area contributed by atoms with Crippen molar-refractivity contribution in [3.63, 3.8) is 0 Å². The van der Waals surface area contributed by atoms with Gasteiger partial charge in [0.1, 0.15) is 6.61 Å². The number of carbonyl (C=O) groups excluding carboxylic acids is 1. The summed E-state index contributed by atoms with van der Waals surface area (Å²) in [6.07, 6.45) is 18.0. The average Bonchev–Trinajstić information content (AvgIpc) is 3.16. The number of piperazine rings is 1. The fraction of sp³-hybridized carbons (Fsp3) is 0.821. The molecule has 36 heavy (non-hydrogen) atoms. The number of piperidine rings is 1. The summed E-state index contributed by atoms with van der Waals surface area (Å²) in [6, 6.07) is 1.17. The van der Waals surface area contributed by atoms with Crippen molar-refractivity contribution in [1.29, 1.82) is 0 Å². The lowest BCUT2D eigenvalue weighted by molar-refractivity contribution is -0.124. The van der Waals surface area contributed by atoms with Gasteiger partial charge in [0.25, 0.3) is 0 Å². The molecule has 2 bridgehead atoms. The molecule has 2 atom stereocenters. The van der Waals surface area contributed by atoms with E-state index in [4.69, 9.17) is 14.7 Å². The Morgan fingerprint density at radius 2 is 1.56 bits per heavy atom. The highest BCUT2D eigenvalue weighted by Gasteiger charge is 2.40. The van der Waals surface area contributed by atoms with Crippen molar-refractivity contribution in [1.82, 2.24) is 25.1 Å². The fourth-order valence-electron chi connectivity index (χ4n) is 6.36. The van der Waals surface area contributed by atoms with E-state index in [1.807, 2.05) is 0 Å². The predicted molar refractivity (Wildman–Crippen MR) is 144 cm³/mol. The third kappa shape index (κ3) is 7.86. The molecule has 3 aliphatic heterocycles. The number of amides is 1. The third-order valence-electron chi connectivity index (χ3n) is 8.36. The summed E-state index contributed by atoms with van der Waals surface area (Å²) >= 11 is 0. The Bertz CT molecular complexity index is 769. The molecule has 0 saturated carbocycles. The number of anilines is 1. The van der Waals surface area contributed by atoms with Crippen LogP contribution < -0.4 is 10.2 Å². The van der Waals surface area contributed by atoms with Crippen LogP contribution in [0.4, 0.5) is 5.95 Å². The Hall–Kier alpha value is -1.77. The smallest absolute Gasteiger partial charge is 0.245 e. The van der Waals surface area contributed by atoms with E-state index in [1.54, 1.807) is 7.11 Å². The molecule has 2 unspecified atom stereocenters. The highest BCUT2D eigenvalue weighted by atomic mass is 16.5. The Labute approximate surface area is 218 Å². The lowest BCUT2D eigenvalue weighted by Gasteiger charge is -2.39. The van der Waals surface area contributed by atoms with Crippen LogP contribution in [0.3, 0.4) is 0 Å². The largest absolute Gasteiger partial charge is 0.375 e. The molecule has 4 rings (SSSR count). The SMILES string of the molecule is COCC(=O)NCCCCCCCCCN1CCC(c2cnc(N3C4CCC3CN(C)C4)nc2)CC1. The molecule has 8 nitrogen and oxygen atoms in total. The van der Waals surface area contributed by atoms with Crippen molar-refractivity contribution in [2.75, 3.05) is 64.9 Å². The number of aromatic nitrogens is 2. The molecular formula is C28H48N6O2. The molecule has 0 aliphatic carbocycles. The van der Waals surface area contributed by atoms with E-state index < -0.39 is 0 Å². The average molecular weight is 501 g/mol. The van der Waals surface area contributed by atoms with E-state index in [-0.39, 0.29) is 12.5 Å². The highest BCUT2D eigenvalue weighted by Crippen LogP contribution is 2.33. The van der Waals surface area contributed by atoms with Gasteiger partial charge in [0.15, 0.2) is 0 Å². The molecule has 3 saturated heterocycles. The lowest BCUT2D eigenvalue weighted by atomic mass is 9.91. The fourth-order valence-corrected chi connectivity index (χ4v) is 6.36. The van der Waals surface area contributed by atoms with Gasteiger partial charge in [-0.1, -0.05) is 32.1 Å². The van der Waals surface area contributed by atoms with Crippen molar-refractivity contribution in [2.24, 2.45) is 0 Å². The number of likely N-dealkylation sites (tertiary alicyclic amines) is 2. The van der Waals surface area contributed by atoms with Crippen LogP contribution in [0.25, 0.3) is 0 Å². The van der Waals surface area contributed by atoms with Crippen LogP contribution in [0.15, 0.2) is 12.4 Å². The molecule has 1 N–H and O–H groups in total. The Balaban J connectivity index is 1.04. The lowest BCUT2D eigenvalue weighted by Crippen LogP contribution is -2.53. The van der Waals surface area contributed by atoms with Gasteiger partial charge in [-0.2, -0.15) is 0 Å². The standard InChI is InChI=1S/C28H48N6O2/c1-32-20-25-10-11-26(21-32)34(25)28-30-18-24(19-31-28)23-12-16-33(17-13-23)15-9-7-5-3-4-6-8-14-29-27(35)22-36-2/h18-19,23,25-26H,3-17,20-22H2,1-2H3,(H,29,35). The number of hydrogen-bond acceptors (Lipinski definition) is 7. The van der Waals surface area contributed by atoms with E-state index in [0.29, 0.717) is 18.0 Å². The summed E-state index contributed by atoms with van der Waals surface area (Å²) < 4.78 is 4.82. The minimum atomic E-state index is -0.0134. The van der Waals surface area contributed by atoms with Crippen molar-refractivity contribution < 1.29 is 9.53 Å².